The number of anilines is 1. The number of carbonyl (C=O) groups is 1. The number of benzene rings is 2. The van der Waals surface area contributed by atoms with Gasteiger partial charge in [0, 0.05) is 31.4 Å². The second-order valence-corrected chi connectivity index (χ2v) is 6.99. The average Bonchev–Trinajstić information content (AvgIpc) is 2.66. The predicted molar refractivity (Wildman–Crippen MR) is 108 cm³/mol. The molecular weight excluding hydrogens is 342 g/mol. The Morgan fingerprint density at radius 1 is 1.19 bits per heavy atom. The summed E-state index contributed by atoms with van der Waals surface area (Å²) >= 11 is 0. The fraction of sp³-hybridized carbons (Fsp3) is 0.381. The summed E-state index contributed by atoms with van der Waals surface area (Å²) in [4.78, 5) is 13.6. The van der Waals surface area contributed by atoms with Crippen LogP contribution < -0.4 is 16.0 Å². The number of aliphatic hydroxyl groups is 1. The Labute approximate surface area is 160 Å². The highest BCUT2D eigenvalue weighted by Gasteiger charge is 2.20. The van der Waals surface area contributed by atoms with Crippen LogP contribution in [0.5, 0.6) is 5.75 Å². The number of nitrogens with two attached hydrogens (primary N) is 1. The van der Waals surface area contributed by atoms with Crippen LogP contribution in [0.2, 0.25) is 0 Å². The van der Waals surface area contributed by atoms with E-state index in [2.05, 4.69) is 36.3 Å². The Morgan fingerprint density at radius 2 is 1.85 bits per heavy atom. The zero-order valence-electron chi connectivity index (χ0n) is 16.1. The van der Waals surface area contributed by atoms with Crippen molar-refractivity contribution >= 4 is 11.6 Å². The summed E-state index contributed by atoms with van der Waals surface area (Å²) in [5.41, 5.74) is 6.97. The molecule has 5 N–H and O–H groups in total. The van der Waals surface area contributed by atoms with Crippen molar-refractivity contribution in [2.24, 2.45) is 5.73 Å². The highest BCUT2D eigenvalue weighted by Crippen LogP contribution is 2.24. The van der Waals surface area contributed by atoms with Crippen molar-refractivity contribution < 1.29 is 15.0 Å². The lowest BCUT2D eigenvalue weighted by Gasteiger charge is -2.27. The summed E-state index contributed by atoms with van der Waals surface area (Å²) < 4.78 is 0. The van der Waals surface area contributed by atoms with E-state index in [0.717, 1.165) is 13.0 Å². The number of nitrogens with zero attached hydrogens (tertiary/aromatic N) is 1. The SMILES string of the molecule is CC(CCN(C)c1ccccc1)NC(C)C(O)c1ccc(O)c(C(N)=O)c1. The summed E-state index contributed by atoms with van der Waals surface area (Å²) in [5.74, 6) is -0.907. The largest absolute Gasteiger partial charge is 0.507 e. The average molecular weight is 371 g/mol. The molecule has 6 heteroatoms. The third-order valence-electron chi connectivity index (χ3n) is 4.74. The first-order valence-electron chi connectivity index (χ1n) is 9.12. The van der Waals surface area contributed by atoms with Gasteiger partial charge in [-0.2, -0.15) is 0 Å². The van der Waals surface area contributed by atoms with Crippen molar-refractivity contribution in [1.29, 1.82) is 0 Å². The molecule has 27 heavy (non-hydrogen) atoms. The van der Waals surface area contributed by atoms with Gasteiger partial charge >= 0.3 is 0 Å². The Hall–Kier alpha value is -2.57. The Bertz CT molecular complexity index is 752. The maximum atomic E-state index is 11.4. The molecule has 2 aromatic rings. The number of phenols is 1. The maximum Gasteiger partial charge on any atom is 0.252 e. The number of rotatable bonds is 9. The monoisotopic (exact) mass is 371 g/mol. The fourth-order valence-electron chi connectivity index (χ4n) is 3.05. The molecule has 0 aliphatic rings. The van der Waals surface area contributed by atoms with E-state index < -0.39 is 12.0 Å². The van der Waals surface area contributed by atoms with Crippen LogP contribution in [0.3, 0.4) is 0 Å². The maximum absolute atomic E-state index is 11.4. The summed E-state index contributed by atoms with van der Waals surface area (Å²) in [5, 5.41) is 23.7. The first-order valence-corrected chi connectivity index (χ1v) is 9.12. The topological polar surface area (TPSA) is 98.8 Å². The number of primary amides is 1. The summed E-state index contributed by atoms with van der Waals surface area (Å²) in [6.45, 7) is 4.85. The molecule has 0 saturated heterocycles. The molecular formula is C21H29N3O3. The van der Waals surface area contributed by atoms with Gasteiger partial charge in [-0.05, 0) is 50.1 Å². The highest BCUT2D eigenvalue weighted by atomic mass is 16.3. The molecule has 0 radical (unpaired) electrons. The normalized spacial score (nSPS) is 14.4. The second kappa shape index (κ2) is 9.39. The van der Waals surface area contributed by atoms with E-state index in [1.54, 1.807) is 6.07 Å². The molecule has 0 bridgehead atoms. The number of hydrogen-bond acceptors (Lipinski definition) is 5. The van der Waals surface area contributed by atoms with Gasteiger partial charge in [-0.3, -0.25) is 4.79 Å². The summed E-state index contributed by atoms with van der Waals surface area (Å²) in [6, 6.07) is 14.6. The fourth-order valence-corrected chi connectivity index (χ4v) is 3.05. The molecule has 1 amide bonds. The molecule has 0 spiro atoms. The van der Waals surface area contributed by atoms with E-state index in [9.17, 15) is 15.0 Å². The van der Waals surface area contributed by atoms with Gasteiger partial charge in [0.2, 0.25) is 0 Å². The quantitative estimate of drug-likeness (QED) is 0.543. The highest BCUT2D eigenvalue weighted by molar-refractivity contribution is 5.95. The molecule has 2 aromatic carbocycles. The van der Waals surface area contributed by atoms with Gasteiger partial charge in [-0.15, -0.1) is 0 Å². The third kappa shape index (κ3) is 5.70. The number of hydrogen-bond donors (Lipinski definition) is 4. The predicted octanol–water partition coefficient (Wildman–Crippen LogP) is 2.42. The number of nitrogens with one attached hydrogen (secondary N) is 1. The smallest absolute Gasteiger partial charge is 0.252 e. The lowest BCUT2D eigenvalue weighted by atomic mass is 9.99. The van der Waals surface area contributed by atoms with Gasteiger partial charge in [0.25, 0.3) is 5.91 Å². The van der Waals surface area contributed by atoms with Crippen molar-refractivity contribution in [3.63, 3.8) is 0 Å². The Kier molecular flexibility index (Phi) is 7.21. The summed E-state index contributed by atoms with van der Waals surface area (Å²) in [7, 11) is 2.06. The zero-order chi connectivity index (χ0) is 20.0. The molecule has 0 aliphatic heterocycles. The van der Waals surface area contributed by atoms with E-state index in [1.807, 2.05) is 25.1 Å². The van der Waals surface area contributed by atoms with Crippen LogP contribution in [-0.2, 0) is 0 Å². The van der Waals surface area contributed by atoms with E-state index >= 15 is 0 Å². The van der Waals surface area contributed by atoms with Gasteiger partial charge in [0.1, 0.15) is 5.75 Å². The zero-order valence-corrected chi connectivity index (χ0v) is 16.1. The molecule has 0 aromatic heterocycles. The molecule has 6 nitrogen and oxygen atoms in total. The van der Waals surface area contributed by atoms with Gasteiger partial charge in [-0.1, -0.05) is 24.3 Å². The number of amides is 1. The van der Waals surface area contributed by atoms with E-state index in [1.165, 1.54) is 17.8 Å². The molecule has 0 saturated carbocycles. The van der Waals surface area contributed by atoms with Crippen molar-refractivity contribution in [3.05, 3.63) is 59.7 Å². The van der Waals surface area contributed by atoms with Crippen molar-refractivity contribution in [1.82, 2.24) is 5.32 Å². The number of carbonyl (C=O) groups excluding carboxylic acids is 1. The minimum absolute atomic E-state index is 0.0104. The van der Waals surface area contributed by atoms with E-state index in [-0.39, 0.29) is 23.4 Å². The van der Waals surface area contributed by atoms with Gasteiger partial charge < -0.3 is 26.2 Å². The standard InChI is InChI=1S/C21H29N3O3/c1-14(11-12-24(3)17-7-5-4-6-8-17)23-15(2)20(26)16-9-10-19(25)18(13-16)21(22)27/h4-10,13-15,20,23,25-26H,11-12H2,1-3H3,(H2,22,27). The van der Waals surface area contributed by atoms with Crippen LogP contribution in [0.25, 0.3) is 0 Å². The van der Waals surface area contributed by atoms with Crippen molar-refractivity contribution in [3.8, 4) is 5.75 Å². The van der Waals surface area contributed by atoms with Crippen molar-refractivity contribution in [2.45, 2.75) is 38.5 Å². The van der Waals surface area contributed by atoms with Crippen LogP contribution in [0.1, 0.15) is 42.3 Å². The van der Waals surface area contributed by atoms with Gasteiger partial charge in [0.15, 0.2) is 0 Å². The minimum Gasteiger partial charge on any atom is -0.507 e. The Balaban J connectivity index is 1.91. The van der Waals surface area contributed by atoms with Crippen LogP contribution >= 0.6 is 0 Å². The third-order valence-corrected chi connectivity index (χ3v) is 4.74. The molecule has 0 fully saturated rings. The van der Waals surface area contributed by atoms with Crippen LogP contribution in [0.4, 0.5) is 5.69 Å². The Morgan fingerprint density at radius 3 is 2.48 bits per heavy atom. The molecule has 0 heterocycles. The molecule has 0 aliphatic carbocycles. The number of aromatic hydroxyl groups is 1. The van der Waals surface area contributed by atoms with E-state index in [4.69, 9.17) is 5.73 Å². The van der Waals surface area contributed by atoms with Gasteiger partial charge in [-0.25, -0.2) is 0 Å². The minimum atomic E-state index is -0.821. The molecule has 2 rings (SSSR count). The number of aliphatic hydroxyl groups excluding tert-OH is 1. The van der Waals surface area contributed by atoms with Gasteiger partial charge in [0.05, 0.1) is 11.7 Å². The lowest BCUT2D eigenvalue weighted by molar-refractivity contribution is 0.0996. The lowest BCUT2D eigenvalue weighted by Crippen LogP contribution is -2.40. The molecule has 3 atom stereocenters. The number of para-hydroxylation sites is 1. The molecule has 3 unspecified atom stereocenters. The first-order chi connectivity index (χ1) is 12.8. The molecule has 146 valence electrons. The first kappa shape index (κ1) is 20.7. The van der Waals surface area contributed by atoms with E-state index in [0.29, 0.717) is 5.56 Å². The van der Waals surface area contributed by atoms with Crippen LogP contribution in [0.15, 0.2) is 48.5 Å². The summed E-state index contributed by atoms with van der Waals surface area (Å²) in [6.07, 6.45) is 0.0860. The van der Waals surface area contributed by atoms with Crippen LogP contribution in [0, 0.1) is 0 Å². The van der Waals surface area contributed by atoms with Crippen LogP contribution in [-0.4, -0.2) is 41.8 Å². The second-order valence-electron chi connectivity index (χ2n) is 6.99. The van der Waals surface area contributed by atoms with Crippen molar-refractivity contribution in [2.75, 3.05) is 18.5 Å².